The molecular weight excluding hydrogens is 329 g/mol. The Morgan fingerprint density at radius 2 is 1.83 bits per heavy atom. The molecule has 1 aliphatic heterocycles. The number of carbonyl (C=O) groups excluding carboxylic acids is 1. The van der Waals surface area contributed by atoms with E-state index in [1.54, 1.807) is 0 Å². The number of aliphatic imine (C=N–C) groups is 1. The van der Waals surface area contributed by atoms with Crippen molar-refractivity contribution in [2.75, 3.05) is 0 Å². The van der Waals surface area contributed by atoms with Gasteiger partial charge in [-0.25, -0.2) is 0 Å². The zero-order valence-corrected chi connectivity index (χ0v) is 14.5. The van der Waals surface area contributed by atoms with E-state index in [4.69, 9.17) is 28.2 Å². The largest absolute Gasteiger partial charge is 0.297 e. The van der Waals surface area contributed by atoms with Crippen molar-refractivity contribution >= 4 is 34.7 Å². The summed E-state index contributed by atoms with van der Waals surface area (Å²) in [6.07, 6.45) is 0.378. The lowest BCUT2D eigenvalue weighted by atomic mass is 9.94. The van der Waals surface area contributed by atoms with Gasteiger partial charge in [0.2, 0.25) is 0 Å². The highest BCUT2D eigenvalue weighted by Gasteiger charge is 2.28. The summed E-state index contributed by atoms with van der Waals surface area (Å²) < 4.78 is 0. The fourth-order valence-electron chi connectivity index (χ4n) is 2.88. The molecule has 0 fully saturated rings. The lowest BCUT2D eigenvalue weighted by Crippen LogP contribution is -2.25. The van der Waals surface area contributed by atoms with Crippen molar-refractivity contribution in [2.45, 2.75) is 26.3 Å². The molecule has 0 aromatic heterocycles. The predicted octanol–water partition coefficient (Wildman–Crippen LogP) is 4.98. The van der Waals surface area contributed by atoms with Crippen LogP contribution in [0.5, 0.6) is 0 Å². The van der Waals surface area contributed by atoms with E-state index in [2.05, 4.69) is 0 Å². The van der Waals surface area contributed by atoms with Crippen molar-refractivity contribution in [1.29, 1.82) is 0 Å². The van der Waals surface area contributed by atoms with Crippen LogP contribution in [-0.4, -0.2) is 17.5 Å². The maximum absolute atomic E-state index is 12.6. The van der Waals surface area contributed by atoms with Crippen LogP contribution in [-0.2, 0) is 11.2 Å². The van der Waals surface area contributed by atoms with Gasteiger partial charge in [0, 0.05) is 27.6 Å². The smallest absolute Gasteiger partial charge is 0.161 e. The van der Waals surface area contributed by atoms with E-state index in [1.807, 2.05) is 56.3 Å². The monoisotopic (exact) mass is 345 g/mol. The number of benzene rings is 2. The van der Waals surface area contributed by atoms with Crippen LogP contribution in [0.4, 0.5) is 0 Å². The van der Waals surface area contributed by atoms with E-state index in [1.165, 1.54) is 0 Å². The Morgan fingerprint density at radius 1 is 1.09 bits per heavy atom. The van der Waals surface area contributed by atoms with Crippen molar-refractivity contribution in [2.24, 2.45) is 10.9 Å². The van der Waals surface area contributed by atoms with Crippen LogP contribution in [0.15, 0.2) is 47.5 Å². The lowest BCUT2D eigenvalue weighted by Gasteiger charge is -2.15. The zero-order valence-electron chi connectivity index (χ0n) is 13.0. The Labute approximate surface area is 146 Å². The summed E-state index contributed by atoms with van der Waals surface area (Å²) in [5.74, 6) is 0.280. The molecule has 118 valence electrons. The van der Waals surface area contributed by atoms with Gasteiger partial charge in [0.05, 0.1) is 5.71 Å². The molecule has 0 radical (unpaired) electrons. The fraction of sp³-hybridized carbons (Fsp3) is 0.263. The zero-order chi connectivity index (χ0) is 16.6. The van der Waals surface area contributed by atoms with Gasteiger partial charge in [0.1, 0.15) is 6.04 Å². The van der Waals surface area contributed by atoms with Crippen molar-refractivity contribution in [3.05, 3.63) is 69.2 Å². The van der Waals surface area contributed by atoms with Crippen LogP contribution in [0.2, 0.25) is 10.0 Å². The molecule has 0 bridgehead atoms. The number of ketones is 1. The summed E-state index contributed by atoms with van der Waals surface area (Å²) in [5.41, 5.74) is 3.56. The highest BCUT2D eigenvalue weighted by Crippen LogP contribution is 2.27. The molecule has 0 saturated carbocycles. The van der Waals surface area contributed by atoms with Crippen LogP contribution in [0.25, 0.3) is 0 Å². The molecule has 1 heterocycles. The van der Waals surface area contributed by atoms with Crippen LogP contribution < -0.4 is 0 Å². The molecule has 23 heavy (non-hydrogen) atoms. The van der Waals surface area contributed by atoms with Gasteiger partial charge in [-0.15, -0.1) is 0 Å². The topological polar surface area (TPSA) is 29.4 Å². The van der Waals surface area contributed by atoms with Gasteiger partial charge in [0.25, 0.3) is 0 Å². The summed E-state index contributed by atoms with van der Waals surface area (Å²) >= 11 is 12.3. The first kappa shape index (κ1) is 16.2. The van der Waals surface area contributed by atoms with Crippen molar-refractivity contribution in [3.8, 4) is 0 Å². The Bertz CT molecular complexity index is 796. The number of Topliss-reactive ketones (excluding diaryl/α,β-unsaturated/α-hetero) is 1. The highest BCUT2D eigenvalue weighted by molar-refractivity contribution is 6.32. The molecule has 0 unspecified atom stereocenters. The van der Waals surface area contributed by atoms with E-state index in [0.29, 0.717) is 16.5 Å². The number of hydrogen-bond donors (Lipinski definition) is 0. The average Bonchev–Trinajstić information content (AvgIpc) is 2.63. The van der Waals surface area contributed by atoms with Gasteiger partial charge >= 0.3 is 0 Å². The molecule has 0 amide bonds. The summed E-state index contributed by atoms with van der Waals surface area (Å²) in [4.78, 5) is 17.4. The van der Waals surface area contributed by atoms with Gasteiger partial charge in [-0.2, -0.15) is 0 Å². The van der Waals surface area contributed by atoms with Gasteiger partial charge in [-0.05, 0) is 35.7 Å². The fourth-order valence-corrected chi connectivity index (χ4v) is 3.25. The van der Waals surface area contributed by atoms with Crippen molar-refractivity contribution in [3.63, 3.8) is 0 Å². The average molecular weight is 346 g/mol. The molecule has 0 saturated heterocycles. The second-order valence-electron chi connectivity index (χ2n) is 6.12. The summed E-state index contributed by atoms with van der Waals surface area (Å²) in [5, 5.41) is 1.28. The van der Waals surface area contributed by atoms with Gasteiger partial charge in [-0.3, -0.25) is 9.79 Å². The molecule has 2 aromatic carbocycles. The number of fused-ring (bicyclic) bond motifs is 1. The standard InChI is InChI=1S/C19H17Cl2NO/c1-11(2)18-17(23)9-12-6-7-15(21)10-16(12)19(22-18)13-4-3-5-14(20)8-13/h3-8,10-11,18H,9H2,1-2H3/t18-/m0/s1. The molecule has 0 N–H and O–H groups in total. The number of halogens is 2. The molecule has 2 nitrogen and oxygen atoms in total. The molecule has 0 aliphatic carbocycles. The Kier molecular flexibility index (Phi) is 4.56. The molecule has 3 rings (SSSR count). The van der Waals surface area contributed by atoms with Gasteiger partial charge < -0.3 is 0 Å². The minimum Gasteiger partial charge on any atom is -0.297 e. The molecule has 1 atom stereocenters. The maximum atomic E-state index is 12.6. The van der Waals surface area contributed by atoms with E-state index in [-0.39, 0.29) is 17.7 Å². The Morgan fingerprint density at radius 3 is 2.52 bits per heavy atom. The Balaban J connectivity index is 2.24. The molecule has 1 aliphatic rings. The summed E-state index contributed by atoms with van der Waals surface area (Å²) in [7, 11) is 0. The normalized spacial score (nSPS) is 17.7. The van der Waals surface area contributed by atoms with Crippen molar-refractivity contribution in [1.82, 2.24) is 0 Å². The minimum absolute atomic E-state index is 0.139. The van der Waals surface area contributed by atoms with Crippen LogP contribution in [0.3, 0.4) is 0 Å². The third-order valence-corrected chi connectivity index (χ3v) is 4.49. The molecule has 4 heteroatoms. The number of nitrogens with zero attached hydrogens (tertiary/aromatic N) is 1. The first-order chi connectivity index (χ1) is 11.0. The van der Waals surface area contributed by atoms with Gasteiger partial charge in [-0.1, -0.05) is 55.2 Å². The summed E-state index contributed by atoms with van der Waals surface area (Å²) in [6.45, 7) is 4.04. The van der Waals surface area contributed by atoms with Crippen LogP contribution in [0, 0.1) is 5.92 Å². The quantitative estimate of drug-likeness (QED) is 0.754. The number of hydrogen-bond acceptors (Lipinski definition) is 2. The molecule has 2 aromatic rings. The van der Waals surface area contributed by atoms with E-state index in [0.717, 1.165) is 22.4 Å². The van der Waals surface area contributed by atoms with Crippen LogP contribution in [0.1, 0.15) is 30.5 Å². The third-order valence-electron chi connectivity index (χ3n) is 4.02. The highest BCUT2D eigenvalue weighted by atomic mass is 35.5. The Hall–Kier alpha value is -1.64. The first-order valence-electron chi connectivity index (χ1n) is 7.61. The first-order valence-corrected chi connectivity index (χ1v) is 8.36. The second-order valence-corrected chi connectivity index (χ2v) is 6.99. The minimum atomic E-state index is -0.352. The van der Waals surface area contributed by atoms with E-state index in [9.17, 15) is 4.79 Å². The third kappa shape index (κ3) is 3.34. The number of rotatable bonds is 2. The van der Waals surface area contributed by atoms with Crippen LogP contribution >= 0.6 is 23.2 Å². The summed E-state index contributed by atoms with van der Waals surface area (Å²) in [6, 6.07) is 12.8. The molecular formula is C19H17Cl2NO. The predicted molar refractivity (Wildman–Crippen MR) is 95.9 cm³/mol. The lowest BCUT2D eigenvalue weighted by molar-refractivity contribution is -0.120. The number of carbonyl (C=O) groups is 1. The molecule has 0 spiro atoms. The maximum Gasteiger partial charge on any atom is 0.161 e. The van der Waals surface area contributed by atoms with Crippen molar-refractivity contribution < 1.29 is 4.79 Å². The van der Waals surface area contributed by atoms with E-state index >= 15 is 0 Å². The SMILES string of the molecule is CC(C)[C@@H]1N=C(c2cccc(Cl)c2)c2cc(Cl)ccc2CC1=O. The van der Waals surface area contributed by atoms with E-state index < -0.39 is 0 Å². The second kappa shape index (κ2) is 6.46. The van der Waals surface area contributed by atoms with Gasteiger partial charge in [0.15, 0.2) is 5.78 Å².